The minimum Gasteiger partial charge on any atom is -0.496 e. The highest BCUT2D eigenvalue weighted by Crippen LogP contribution is 2.30. The second kappa shape index (κ2) is 10.3. The zero-order valence-corrected chi connectivity index (χ0v) is 16.8. The van der Waals surface area contributed by atoms with Gasteiger partial charge in [-0.15, -0.1) is 0 Å². The molecule has 5 nitrogen and oxygen atoms in total. The molecule has 0 aliphatic carbocycles. The number of carbonyl (C=O) groups is 1. The Morgan fingerprint density at radius 1 is 1.08 bits per heavy atom. The summed E-state index contributed by atoms with van der Waals surface area (Å²) in [6, 6.07) is 15.3. The second-order valence-electron chi connectivity index (χ2n) is 5.75. The number of methoxy groups -OCH3 is 2. The Bertz CT molecular complexity index is 708. The fourth-order valence-electron chi connectivity index (χ4n) is 2.51. The predicted molar refractivity (Wildman–Crippen MR) is 104 cm³/mol. The van der Waals surface area contributed by atoms with Crippen LogP contribution >= 0.6 is 15.9 Å². The average Bonchev–Trinajstić information content (AvgIpc) is 2.66. The van der Waals surface area contributed by atoms with Crippen LogP contribution in [0.3, 0.4) is 0 Å². The van der Waals surface area contributed by atoms with Gasteiger partial charge >= 0.3 is 0 Å². The van der Waals surface area contributed by atoms with Gasteiger partial charge in [0.15, 0.2) is 0 Å². The molecule has 6 heteroatoms. The molecule has 1 N–H and O–H groups in total. The minimum absolute atomic E-state index is 0.179. The van der Waals surface area contributed by atoms with E-state index in [1.165, 1.54) is 0 Å². The van der Waals surface area contributed by atoms with Crippen LogP contribution in [0.2, 0.25) is 0 Å². The number of amides is 1. The van der Waals surface area contributed by atoms with Crippen molar-refractivity contribution in [3.05, 3.63) is 64.1 Å². The lowest BCUT2D eigenvalue weighted by molar-refractivity contribution is -0.133. The van der Waals surface area contributed by atoms with Gasteiger partial charge in [0.05, 0.1) is 30.8 Å². The quantitative estimate of drug-likeness (QED) is 0.626. The third-order valence-electron chi connectivity index (χ3n) is 3.95. The minimum atomic E-state index is -0.571. The van der Waals surface area contributed by atoms with E-state index in [1.54, 1.807) is 21.1 Å². The van der Waals surface area contributed by atoms with E-state index in [2.05, 4.69) is 21.2 Å². The van der Waals surface area contributed by atoms with E-state index in [1.807, 2.05) is 48.5 Å². The van der Waals surface area contributed by atoms with Crippen molar-refractivity contribution in [3.8, 4) is 5.75 Å². The maximum absolute atomic E-state index is 12.6. The SMILES string of the molecule is COCCOC(C)C(=O)NC(c1ccccc1)c1ccc(OC)c(Br)c1. The van der Waals surface area contributed by atoms with E-state index in [-0.39, 0.29) is 11.9 Å². The number of carbonyl (C=O) groups excluding carboxylic acids is 1. The van der Waals surface area contributed by atoms with Crippen LogP contribution in [0.1, 0.15) is 24.1 Å². The number of halogens is 1. The Morgan fingerprint density at radius 2 is 1.81 bits per heavy atom. The Hall–Kier alpha value is -1.89. The predicted octanol–water partition coefficient (Wildman–Crippen LogP) is 3.71. The van der Waals surface area contributed by atoms with E-state index in [0.29, 0.717) is 13.2 Å². The first-order chi connectivity index (χ1) is 12.6. The summed E-state index contributed by atoms with van der Waals surface area (Å²) < 4.78 is 16.6. The highest BCUT2D eigenvalue weighted by atomic mass is 79.9. The Morgan fingerprint density at radius 3 is 2.42 bits per heavy atom. The van der Waals surface area contributed by atoms with Crippen molar-refractivity contribution >= 4 is 21.8 Å². The highest BCUT2D eigenvalue weighted by molar-refractivity contribution is 9.10. The van der Waals surface area contributed by atoms with Gasteiger partial charge in [0, 0.05) is 7.11 Å². The van der Waals surface area contributed by atoms with Crippen molar-refractivity contribution in [1.82, 2.24) is 5.32 Å². The Labute approximate surface area is 162 Å². The number of hydrogen-bond acceptors (Lipinski definition) is 4. The van der Waals surface area contributed by atoms with Gasteiger partial charge in [-0.3, -0.25) is 4.79 Å². The van der Waals surface area contributed by atoms with Gasteiger partial charge in [-0.05, 0) is 46.1 Å². The molecule has 2 atom stereocenters. The van der Waals surface area contributed by atoms with Gasteiger partial charge in [-0.2, -0.15) is 0 Å². The molecule has 2 aromatic carbocycles. The van der Waals surface area contributed by atoms with E-state index < -0.39 is 6.10 Å². The number of rotatable bonds is 9. The monoisotopic (exact) mass is 421 g/mol. The van der Waals surface area contributed by atoms with Crippen molar-refractivity contribution in [1.29, 1.82) is 0 Å². The molecule has 0 spiro atoms. The molecule has 0 radical (unpaired) electrons. The van der Waals surface area contributed by atoms with Crippen LogP contribution < -0.4 is 10.1 Å². The molecule has 0 saturated heterocycles. The van der Waals surface area contributed by atoms with Gasteiger partial charge in [0.1, 0.15) is 11.9 Å². The van der Waals surface area contributed by atoms with Crippen molar-refractivity contribution in [2.24, 2.45) is 0 Å². The molecule has 0 fully saturated rings. The van der Waals surface area contributed by atoms with Crippen LogP contribution in [0.25, 0.3) is 0 Å². The fourth-order valence-corrected chi connectivity index (χ4v) is 3.07. The first-order valence-corrected chi connectivity index (χ1v) is 9.15. The highest BCUT2D eigenvalue weighted by Gasteiger charge is 2.21. The number of ether oxygens (including phenoxy) is 3. The van der Waals surface area contributed by atoms with Gasteiger partial charge in [-0.25, -0.2) is 0 Å². The summed E-state index contributed by atoms with van der Waals surface area (Å²) in [6.45, 7) is 2.55. The Kier molecular flexibility index (Phi) is 8.09. The molecular weight excluding hydrogens is 398 g/mol. The van der Waals surface area contributed by atoms with Crippen LogP contribution in [-0.4, -0.2) is 39.4 Å². The molecule has 26 heavy (non-hydrogen) atoms. The molecule has 0 aliphatic heterocycles. The van der Waals surface area contributed by atoms with Crippen molar-refractivity contribution < 1.29 is 19.0 Å². The van der Waals surface area contributed by atoms with Crippen molar-refractivity contribution in [2.75, 3.05) is 27.4 Å². The maximum atomic E-state index is 12.6. The molecule has 2 rings (SSSR count). The van der Waals surface area contributed by atoms with Gasteiger partial charge in [0.25, 0.3) is 0 Å². The number of benzene rings is 2. The summed E-state index contributed by atoms with van der Waals surface area (Å²) >= 11 is 3.51. The summed E-state index contributed by atoms with van der Waals surface area (Å²) in [5.74, 6) is 0.560. The summed E-state index contributed by atoms with van der Waals surface area (Å²) in [5, 5.41) is 3.07. The smallest absolute Gasteiger partial charge is 0.249 e. The topological polar surface area (TPSA) is 56.8 Å². The van der Waals surface area contributed by atoms with Crippen LogP contribution in [0.15, 0.2) is 53.0 Å². The summed E-state index contributed by atoms with van der Waals surface area (Å²) in [6.07, 6.45) is -0.571. The zero-order chi connectivity index (χ0) is 18.9. The molecule has 2 unspecified atom stereocenters. The summed E-state index contributed by atoms with van der Waals surface area (Å²) in [4.78, 5) is 12.6. The molecular formula is C20H24BrNO4. The van der Waals surface area contributed by atoms with Crippen LogP contribution in [0.4, 0.5) is 0 Å². The molecule has 0 saturated carbocycles. The summed E-state index contributed by atoms with van der Waals surface area (Å²) in [5.41, 5.74) is 1.93. The lowest BCUT2D eigenvalue weighted by Gasteiger charge is -2.23. The van der Waals surface area contributed by atoms with Crippen molar-refractivity contribution in [2.45, 2.75) is 19.1 Å². The van der Waals surface area contributed by atoms with E-state index in [9.17, 15) is 4.79 Å². The average molecular weight is 422 g/mol. The number of hydrogen-bond donors (Lipinski definition) is 1. The first kappa shape index (κ1) is 20.4. The summed E-state index contributed by atoms with van der Waals surface area (Å²) in [7, 11) is 3.22. The largest absolute Gasteiger partial charge is 0.496 e. The first-order valence-electron chi connectivity index (χ1n) is 8.36. The lowest BCUT2D eigenvalue weighted by atomic mass is 9.98. The molecule has 2 aromatic rings. The van der Waals surface area contributed by atoms with Crippen LogP contribution in [0, 0.1) is 0 Å². The molecule has 0 aromatic heterocycles. The van der Waals surface area contributed by atoms with Crippen LogP contribution in [0.5, 0.6) is 5.75 Å². The molecule has 0 aliphatic rings. The lowest BCUT2D eigenvalue weighted by Crippen LogP contribution is -2.38. The number of nitrogens with one attached hydrogen (secondary N) is 1. The molecule has 0 bridgehead atoms. The third-order valence-corrected chi connectivity index (χ3v) is 4.57. The van der Waals surface area contributed by atoms with Crippen molar-refractivity contribution in [3.63, 3.8) is 0 Å². The van der Waals surface area contributed by atoms with Crippen LogP contribution in [-0.2, 0) is 14.3 Å². The zero-order valence-electron chi connectivity index (χ0n) is 15.2. The van der Waals surface area contributed by atoms with Gasteiger partial charge < -0.3 is 19.5 Å². The van der Waals surface area contributed by atoms with Gasteiger partial charge in [0.2, 0.25) is 5.91 Å². The third kappa shape index (κ3) is 5.56. The van der Waals surface area contributed by atoms with E-state index in [4.69, 9.17) is 14.2 Å². The molecule has 1 amide bonds. The van der Waals surface area contributed by atoms with Gasteiger partial charge in [-0.1, -0.05) is 36.4 Å². The standard InChI is InChI=1S/C20H24BrNO4/c1-14(26-12-11-24-2)20(23)22-19(15-7-5-4-6-8-15)16-9-10-18(25-3)17(21)13-16/h4-10,13-14,19H,11-12H2,1-3H3,(H,22,23). The fraction of sp³-hybridized carbons (Fsp3) is 0.350. The Balaban J connectivity index is 2.22. The molecule has 140 valence electrons. The van der Waals surface area contributed by atoms with E-state index in [0.717, 1.165) is 21.3 Å². The normalized spacial score (nSPS) is 13.1. The van der Waals surface area contributed by atoms with E-state index >= 15 is 0 Å². The molecule has 0 heterocycles. The maximum Gasteiger partial charge on any atom is 0.249 e. The second-order valence-corrected chi connectivity index (χ2v) is 6.61.